The van der Waals surface area contributed by atoms with Crippen LogP contribution in [0.1, 0.15) is 12.0 Å². The van der Waals surface area contributed by atoms with Gasteiger partial charge in [0, 0.05) is 40.1 Å². The van der Waals surface area contributed by atoms with E-state index in [1.54, 1.807) is 56.4 Å². The maximum atomic E-state index is 13.7. The summed E-state index contributed by atoms with van der Waals surface area (Å²) >= 11 is 3.45. The van der Waals surface area contributed by atoms with Gasteiger partial charge < -0.3 is 24.1 Å². The lowest BCUT2D eigenvalue weighted by molar-refractivity contribution is 0.299. The Morgan fingerprint density at radius 3 is 2.34 bits per heavy atom. The van der Waals surface area contributed by atoms with Crippen molar-refractivity contribution in [3.05, 3.63) is 75.1 Å². The number of hydrogen-bond donors (Lipinski definition) is 1. The highest BCUT2D eigenvalue weighted by Crippen LogP contribution is 2.40. The molecule has 4 rings (SSSR count). The molecule has 0 saturated carbocycles. The smallest absolute Gasteiger partial charge is 0.311 e. The third-order valence-corrected chi connectivity index (χ3v) is 8.55. The van der Waals surface area contributed by atoms with Gasteiger partial charge in [0.1, 0.15) is 23.4 Å². The van der Waals surface area contributed by atoms with Gasteiger partial charge in [-0.25, -0.2) is 4.98 Å². The van der Waals surface area contributed by atoms with Crippen LogP contribution in [-0.2, 0) is 17.4 Å². The Bertz CT molecular complexity index is 1450. The van der Waals surface area contributed by atoms with E-state index in [0.29, 0.717) is 64.3 Å². The molecule has 1 atom stereocenters. The summed E-state index contributed by atoms with van der Waals surface area (Å²) in [4.78, 5) is 18.5. The van der Waals surface area contributed by atoms with Crippen LogP contribution in [0.25, 0.3) is 11.0 Å². The Kier molecular flexibility index (Phi) is 9.06. The number of halogens is 1. The van der Waals surface area contributed by atoms with Gasteiger partial charge in [0.05, 0.1) is 39.9 Å². The van der Waals surface area contributed by atoms with Gasteiger partial charge in [-0.2, -0.15) is 0 Å². The monoisotopic (exact) mass is 601 g/mol. The van der Waals surface area contributed by atoms with Crippen molar-refractivity contribution >= 4 is 37.9 Å². The van der Waals surface area contributed by atoms with Gasteiger partial charge in [0.2, 0.25) is 5.75 Å². The summed E-state index contributed by atoms with van der Waals surface area (Å²) < 4.78 is 24.7. The van der Waals surface area contributed by atoms with E-state index >= 15 is 0 Å². The molecule has 0 saturated heterocycles. The summed E-state index contributed by atoms with van der Waals surface area (Å²) in [6.45, 7) is 0.771. The fourth-order valence-electron chi connectivity index (χ4n) is 4.18. The highest BCUT2D eigenvalue weighted by atomic mass is 79.9. The van der Waals surface area contributed by atoms with Crippen LogP contribution in [0.2, 0.25) is 0 Å². The number of pyridine rings is 2. The first-order valence-electron chi connectivity index (χ1n) is 11.9. The van der Waals surface area contributed by atoms with Crippen molar-refractivity contribution in [1.29, 1.82) is 0 Å². The van der Waals surface area contributed by atoms with Gasteiger partial charge >= 0.3 is 5.56 Å². The Balaban J connectivity index is 1.54. The maximum absolute atomic E-state index is 13.7. The summed E-state index contributed by atoms with van der Waals surface area (Å²) in [7, 11) is 4.13. The molecule has 10 heteroatoms. The van der Waals surface area contributed by atoms with E-state index in [-0.39, 0.29) is 11.3 Å². The minimum atomic E-state index is -0.527. The van der Waals surface area contributed by atoms with Crippen LogP contribution in [0, 0.1) is 0 Å². The fourth-order valence-corrected chi connectivity index (χ4v) is 6.05. The van der Waals surface area contributed by atoms with Gasteiger partial charge in [0.25, 0.3) is 4.90 Å². The zero-order valence-corrected chi connectivity index (χ0v) is 24.1. The Morgan fingerprint density at radius 2 is 1.71 bits per heavy atom. The molecule has 2 aromatic carbocycles. The molecule has 2 heterocycles. The lowest BCUT2D eigenvalue weighted by atomic mass is 10.2. The predicted octanol–water partition coefficient (Wildman–Crippen LogP) is 5.01. The topological polar surface area (TPSA) is 92.0 Å². The lowest BCUT2D eigenvalue weighted by Crippen LogP contribution is -2.28. The van der Waals surface area contributed by atoms with Crippen LogP contribution in [0.5, 0.6) is 28.7 Å². The maximum Gasteiger partial charge on any atom is 0.311 e. The van der Waals surface area contributed by atoms with E-state index < -0.39 is 10.9 Å². The number of aromatic hydroxyl groups is 1. The van der Waals surface area contributed by atoms with Crippen molar-refractivity contribution in [1.82, 2.24) is 9.55 Å². The molecule has 0 amide bonds. The summed E-state index contributed by atoms with van der Waals surface area (Å²) in [6.07, 6.45) is 4.28. The molecule has 0 aliphatic rings. The molecule has 0 aliphatic heterocycles. The van der Waals surface area contributed by atoms with E-state index in [2.05, 4.69) is 20.9 Å². The molecule has 0 aliphatic carbocycles. The van der Waals surface area contributed by atoms with Gasteiger partial charge in [-0.3, -0.25) is 9.36 Å². The number of benzene rings is 2. The van der Waals surface area contributed by atoms with Crippen LogP contribution in [0.3, 0.4) is 0 Å². The minimum absolute atomic E-state index is 0.00142. The second-order valence-electron chi connectivity index (χ2n) is 8.47. The summed E-state index contributed by atoms with van der Waals surface area (Å²) in [5, 5.41) is 11.7. The minimum Gasteiger partial charge on any atom is -0.503 e. The van der Waals surface area contributed by atoms with Gasteiger partial charge in [-0.15, -0.1) is 0 Å². The number of aromatic nitrogens is 2. The zero-order valence-electron chi connectivity index (χ0n) is 21.7. The van der Waals surface area contributed by atoms with Crippen molar-refractivity contribution in [2.45, 2.75) is 17.9 Å². The molecule has 0 bridgehead atoms. The van der Waals surface area contributed by atoms with Crippen LogP contribution < -0.4 is 24.5 Å². The highest BCUT2D eigenvalue weighted by Gasteiger charge is 2.29. The third-order valence-electron chi connectivity index (χ3n) is 6.06. The first-order chi connectivity index (χ1) is 18.4. The average molecular weight is 603 g/mol. The van der Waals surface area contributed by atoms with Gasteiger partial charge in [-0.05, 0) is 29.8 Å². The van der Waals surface area contributed by atoms with Crippen LogP contribution in [0.4, 0.5) is 0 Å². The first-order valence-corrected chi connectivity index (χ1v) is 14.5. The number of rotatable bonds is 11. The number of methoxy groups -OCH3 is 3. The normalized spacial score (nSPS) is 11.8. The molecule has 2 aromatic heterocycles. The van der Waals surface area contributed by atoms with Crippen molar-refractivity contribution in [3.8, 4) is 28.7 Å². The summed E-state index contributed by atoms with van der Waals surface area (Å²) in [5.74, 6) is 2.78. The van der Waals surface area contributed by atoms with E-state index in [0.717, 1.165) is 10.0 Å². The molecule has 200 valence electrons. The summed E-state index contributed by atoms with van der Waals surface area (Å²) in [5.41, 5.74) is 1.20. The Hall–Kier alpha value is -3.37. The highest BCUT2D eigenvalue weighted by molar-refractivity contribution is 9.10. The fraction of sp³-hybridized carbons (Fsp3) is 0.286. The molecule has 1 unspecified atom stereocenters. The molecule has 38 heavy (non-hydrogen) atoms. The van der Waals surface area contributed by atoms with Crippen molar-refractivity contribution in [2.24, 2.45) is 0 Å². The second-order valence-corrected chi connectivity index (χ2v) is 11.5. The molecular weight excluding hydrogens is 572 g/mol. The van der Waals surface area contributed by atoms with E-state index in [4.69, 9.17) is 18.9 Å². The molecule has 0 fully saturated rings. The second kappa shape index (κ2) is 12.4. The molecule has 0 radical (unpaired) electrons. The zero-order chi connectivity index (χ0) is 27.2. The average Bonchev–Trinajstić information content (AvgIpc) is 2.93. The van der Waals surface area contributed by atoms with Crippen molar-refractivity contribution in [2.75, 3.05) is 39.9 Å². The Labute approximate surface area is 232 Å². The molecule has 8 nitrogen and oxygen atoms in total. The molecule has 4 aromatic rings. The van der Waals surface area contributed by atoms with E-state index in [9.17, 15) is 9.90 Å². The quantitative estimate of drug-likeness (QED) is 0.191. The standard InChI is InChI=1S/C28H29BrN2O6S/c1-34-22-15-20(16-23(35-2)25(22)36-3)37-13-6-14-38(4)26-24(32)21-7-5-12-30-27(21)31(28(26)33)17-18-8-10-19(29)11-9-18/h5,7-12,15-16H,6,13-14,17H2,1-4H3/p+1. The first kappa shape index (κ1) is 27.7. The van der Waals surface area contributed by atoms with Crippen LogP contribution >= 0.6 is 15.9 Å². The number of hydrogen-bond acceptors (Lipinski definition) is 7. The Morgan fingerprint density at radius 1 is 1.03 bits per heavy atom. The number of ether oxygens (including phenoxy) is 4. The largest absolute Gasteiger partial charge is 0.503 e. The molecule has 1 N–H and O–H groups in total. The van der Waals surface area contributed by atoms with Crippen LogP contribution in [-0.4, -0.2) is 54.6 Å². The number of fused-ring (bicyclic) bond motifs is 1. The van der Waals surface area contributed by atoms with Crippen LogP contribution in [0.15, 0.2) is 68.9 Å². The van der Waals surface area contributed by atoms with Gasteiger partial charge in [-0.1, -0.05) is 28.1 Å². The van der Waals surface area contributed by atoms with E-state index in [1.807, 2.05) is 30.5 Å². The summed E-state index contributed by atoms with van der Waals surface area (Å²) in [6, 6.07) is 14.9. The molecular formula is C28H30BrN2O6S+. The van der Waals surface area contributed by atoms with Crippen molar-refractivity contribution in [3.63, 3.8) is 0 Å². The number of nitrogens with zero attached hydrogens (tertiary/aromatic N) is 2. The van der Waals surface area contributed by atoms with Gasteiger partial charge in [0.15, 0.2) is 17.2 Å². The predicted molar refractivity (Wildman–Crippen MR) is 154 cm³/mol. The SMILES string of the molecule is COc1cc(OCCC[S+](C)c2c(O)c3cccnc3n(Cc3ccc(Br)cc3)c2=O)cc(OC)c1OC. The third kappa shape index (κ3) is 5.86. The lowest BCUT2D eigenvalue weighted by Gasteiger charge is -2.15. The van der Waals surface area contributed by atoms with Crippen molar-refractivity contribution < 1.29 is 24.1 Å². The molecule has 0 spiro atoms. The van der Waals surface area contributed by atoms with E-state index in [1.165, 1.54) is 0 Å².